The van der Waals surface area contributed by atoms with Gasteiger partial charge in [-0.25, -0.2) is 0 Å². The molecule has 0 radical (unpaired) electrons. The first kappa shape index (κ1) is 18.7. The van der Waals surface area contributed by atoms with Gasteiger partial charge in [-0.05, 0) is 43.5 Å². The maximum absolute atomic E-state index is 13.1. The van der Waals surface area contributed by atoms with Gasteiger partial charge in [0.1, 0.15) is 11.2 Å². The van der Waals surface area contributed by atoms with Crippen molar-refractivity contribution in [2.45, 2.75) is 31.8 Å². The Bertz CT molecular complexity index is 1040. The largest absolute Gasteiger partial charge is 0.497 e. The van der Waals surface area contributed by atoms with E-state index in [4.69, 9.17) is 9.47 Å². The summed E-state index contributed by atoms with van der Waals surface area (Å²) in [6.45, 7) is 2.68. The first-order valence-electron chi connectivity index (χ1n) is 10.3. The van der Waals surface area contributed by atoms with Crippen molar-refractivity contribution in [1.29, 1.82) is 0 Å². The molecule has 0 saturated carbocycles. The first-order chi connectivity index (χ1) is 14.0. The number of piperidine rings is 3. The zero-order chi connectivity index (χ0) is 20.5. The van der Waals surface area contributed by atoms with Gasteiger partial charge in [0.25, 0.3) is 0 Å². The quantitative estimate of drug-likeness (QED) is 0.638. The zero-order valence-corrected chi connectivity index (χ0v) is 17.4. The Kier molecular flexibility index (Phi) is 4.09. The molecule has 5 unspecified atom stereocenters. The molecule has 0 aliphatic carbocycles. The molecular weight excluding hydrogens is 368 g/mol. The number of aliphatic hydroxyl groups is 1. The number of nitrogens with zero attached hydrogens (tertiary/aromatic N) is 2. The van der Waals surface area contributed by atoms with Crippen LogP contribution in [0.4, 0.5) is 0 Å². The lowest BCUT2D eigenvalue weighted by Crippen LogP contribution is -2.69. The van der Waals surface area contributed by atoms with Crippen molar-refractivity contribution >= 4 is 16.9 Å². The number of aromatic nitrogens is 1. The molecule has 5 heterocycles. The smallest absolute Gasteiger partial charge is 0.316 e. The van der Waals surface area contributed by atoms with E-state index in [2.05, 4.69) is 34.7 Å². The van der Waals surface area contributed by atoms with Crippen LogP contribution in [0.1, 0.15) is 30.6 Å². The maximum Gasteiger partial charge on any atom is 0.316 e. The zero-order valence-electron chi connectivity index (χ0n) is 17.4. The molecule has 2 aromatic rings. The predicted molar refractivity (Wildman–Crippen MR) is 110 cm³/mol. The summed E-state index contributed by atoms with van der Waals surface area (Å²) in [6, 6.07) is 6.37. The molecule has 3 saturated heterocycles. The van der Waals surface area contributed by atoms with Crippen LogP contribution in [0.2, 0.25) is 0 Å². The van der Waals surface area contributed by atoms with Crippen molar-refractivity contribution in [3.63, 3.8) is 0 Å². The van der Waals surface area contributed by atoms with E-state index in [1.165, 1.54) is 34.8 Å². The van der Waals surface area contributed by atoms with Crippen molar-refractivity contribution in [2.24, 2.45) is 18.4 Å². The Hall–Kier alpha value is -2.31. The number of aryl methyl sites for hydroxylation is 1. The number of rotatable bonds is 3. The van der Waals surface area contributed by atoms with E-state index >= 15 is 0 Å². The summed E-state index contributed by atoms with van der Waals surface area (Å²) in [6.07, 6.45) is 3.66. The number of aliphatic hydroxyl groups excluding tert-OH is 1. The lowest BCUT2D eigenvalue weighted by molar-refractivity contribution is -0.183. The number of methoxy groups -OCH3 is 2. The number of allylic oxidation sites excluding steroid dienone is 1. The van der Waals surface area contributed by atoms with E-state index < -0.39 is 5.41 Å². The third-order valence-corrected chi connectivity index (χ3v) is 7.76. The average Bonchev–Trinajstić information content (AvgIpc) is 3.04. The second-order valence-corrected chi connectivity index (χ2v) is 8.56. The maximum atomic E-state index is 13.1. The second-order valence-electron chi connectivity index (χ2n) is 8.56. The SMILES string of the molecule is CC=C1CN2C3CC1C(CO)(C(=O)OC)C2Cc1c3n(C)c2ccc(OC)cc12. The van der Waals surface area contributed by atoms with Crippen LogP contribution >= 0.6 is 0 Å². The highest BCUT2D eigenvalue weighted by Crippen LogP contribution is 2.60. The number of ether oxygens (including phenoxy) is 2. The molecule has 6 heteroatoms. The fourth-order valence-corrected chi connectivity index (χ4v) is 6.43. The van der Waals surface area contributed by atoms with Gasteiger partial charge >= 0.3 is 5.97 Å². The van der Waals surface area contributed by atoms with Gasteiger partial charge in [-0.15, -0.1) is 0 Å². The number of carbonyl (C=O) groups excluding carboxylic acids is 1. The van der Waals surface area contributed by atoms with Crippen LogP contribution in [-0.4, -0.2) is 54.0 Å². The minimum Gasteiger partial charge on any atom is -0.497 e. The normalized spacial score (nSPS) is 33.8. The summed E-state index contributed by atoms with van der Waals surface area (Å²) in [5.41, 5.74) is 4.11. The van der Waals surface area contributed by atoms with Crippen molar-refractivity contribution in [3.05, 3.63) is 41.1 Å². The molecule has 5 atom stereocenters. The molecule has 4 aliphatic rings. The minimum absolute atomic E-state index is 0.00523. The Labute approximate surface area is 170 Å². The molecular formula is C23H28N2O4. The van der Waals surface area contributed by atoms with Crippen molar-refractivity contribution < 1.29 is 19.4 Å². The molecule has 29 heavy (non-hydrogen) atoms. The van der Waals surface area contributed by atoms with E-state index in [1.807, 2.05) is 13.0 Å². The third-order valence-electron chi connectivity index (χ3n) is 7.76. The van der Waals surface area contributed by atoms with E-state index in [9.17, 15) is 9.90 Å². The number of benzene rings is 1. The average molecular weight is 396 g/mol. The highest BCUT2D eigenvalue weighted by molar-refractivity contribution is 5.88. The molecule has 0 spiro atoms. The summed E-state index contributed by atoms with van der Waals surface area (Å²) >= 11 is 0. The number of fused-ring (bicyclic) bond motifs is 4. The van der Waals surface area contributed by atoms with Crippen LogP contribution in [0.15, 0.2) is 29.8 Å². The Morgan fingerprint density at radius 1 is 1.38 bits per heavy atom. The van der Waals surface area contributed by atoms with E-state index in [-0.39, 0.29) is 30.6 Å². The highest BCUT2D eigenvalue weighted by atomic mass is 16.5. The fraction of sp³-hybridized carbons (Fsp3) is 0.522. The summed E-state index contributed by atoms with van der Waals surface area (Å²) in [5, 5.41) is 11.7. The highest BCUT2D eigenvalue weighted by Gasteiger charge is 2.65. The van der Waals surface area contributed by atoms with Crippen LogP contribution in [0, 0.1) is 11.3 Å². The molecule has 1 aromatic heterocycles. The van der Waals surface area contributed by atoms with Gasteiger partial charge < -0.3 is 19.1 Å². The van der Waals surface area contributed by atoms with Crippen LogP contribution in [-0.2, 0) is 23.0 Å². The lowest BCUT2D eigenvalue weighted by atomic mass is 9.55. The standard InChI is InChI=1S/C23H28N2O4/c1-5-13-11-25-19-10-17(13)23(12-26,22(27)29-4)20(25)9-16-15-8-14(28-3)6-7-18(15)24(2)21(16)19/h5-8,17,19-20,26H,9-12H2,1-4H3. The lowest BCUT2D eigenvalue weighted by Gasteiger charge is -2.62. The van der Waals surface area contributed by atoms with E-state index in [1.54, 1.807) is 7.11 Å². The van der Waals surface area contributed by atoms with Crippen LogP contribution in [0.5, 0.6) is 5.75 Å². The Morgan fingerprint density at radius 2 is 2.17 bits per heavy atom. The fourth-order valence-electron chi connectivity index (χ4n) is 6.43. The van der Waals surface area contributed by atoms with Gasteiger partial charge in [0, 0.05) is 42.1 Å². The van der Waals surface area contributed by atoms with Gasteiger partial charge in [-0.1, -0.05) is 11.6 Å². The molecule has 3 fully saturated rings. The number of hydrogen-bond acceptors (Lipinski definition) is 5. The van der Waals surface area contributed by atoms with Gasteiger partial charge in [-0.3, -0.25) is 9.69 Å². The summed E-state index contributed by atoms with van der Waals surface area (Å²) < 4.78 is 13.0. The van der Waals surface area contributed by atoms with Gasteiger partial charge in [0.15, 0.2) is 0 Å². The molecule has 4 aliphatic heterocycles. The Morgan fingerprint density at radius 3 is 2.83 bits per heavy atom. The van der Waals surface area contributed by atoms with Crippen molar-refractivity contribution in [1.82, 2.24) is 9.47 Å². The molecule has 1 aromatic carbocycles. The van der Waals surface area contributed by atoms with Crippen LogP contribution in [0.25, 0.3) is 10.9 Å². The number of esters is 1. The van der Waals surface area contributed by atoms with Crippen molar-refractivity contribution in [2.75, 3.05) is 27.4 Å². The topological polar surface area (TPSA) is 63.9 Å². The van der Waals surface area contributed by atoms with Crippen molar-refractivity contribution in [3.8, 4) is 5.75 Å². The minimum atomic E-state index is -0.913. The van der Waals surface area contributed by atoms with Crippen LogP contribution < -0.4 is 4.74 Å². The van der Waals surface area contributed by atoms with Crippen LogP contribution in [0.3, 0.4) is 0 Å². The molecule has 6 nitrogen and oxygen atoms in total. The molecule has 154 valence electrons. The predicted octanol–water partition coefficient (Wildman–Crippen LogP) is 2.59. The van der Waals surface area contributed by atoms with Gasteiger partial charge in [0.05, 0.1) is 26.9 Å². The molecule has 6 rings (SSSR count). The Balaban J connectivity index is 1.75. The summed E-state index contributed by atoms with van der Waals surface area (Å²) in [7, 11) is 5.25. The molecule has 0 amide bonds. The van der Waals surface area contributed by atoms with Gasteiger partial charge in [0.2, 0.25) is 0 Å². The number of carbonyl (C=O) groups is 1. The second kappa shape index (κ2) is 6.34. The number of hydrogen-bond donors (Lipinski definition) is 1. The summed E-state index contributed by atoms with van der Waals surface area (Å²) in [4.78, 5) is 15.5. The third kappa shape index (κ3) is 2.16. The summed E-state index contributed by atoms with van der Waals surface area (Å²) in [5.74, 6) is 0.547. The molecule has 4 bridgehead atoms. The van der Waals surface area contributed by atoms with Gasteiger partial charge in [-0.2, -0.15) is 0 Å². The van der Waals surface area contributed by atoms with E-state index in [0.29, 0.717) is 0 Å². The monoisotopic (exact) mass is 396 g/mol. The first-order valence-corrected chi connectivity index (χ1v) is 10.3. The van der Waals surface area contributed by atoms with E-state index in [0.717, 1.165) is 25.1 Å². The molecule has 1 N–H and O–H groups in total.